The Morgan fingerprint density at radius 2 is 2.17 bits per heavy atom. The van der Waals surface area contributed by atoms with Crippen molar-refractivity contribution in [2.24, 2.45) is 5.92 Å². The summed E-state index contributed by atoms with van der Waals surface area (Å²) in [6.07, 6.45) is 3.42. The molecular weight excluding hydrogens is 249 g/mol. The minimum absolute atomic E-state index is 0.253. The molecule has 1 saturated carbocycles. The average molecular weight is 270 g/mol. The molecule has 1 aliphatic carbocycles. The van der Waals surface area contributed by atoms with Crippen LogP contribution in [0.1, 0.15) is 44.6 Å². The third-order valence-corrected chi connectivity index (χ3v) is 4.36. The summed E-state index contributed by atoms with van der Waals surface area (Å²) in [5, 5.41) is 4.16. The van der Waals surface area contributed by atoms with Crippen LogP contribution in [0.4, 0.5) is 4.39 Å². The second kappa shape index (κ2) is 6.03. The first-order valence-corrected chi connectivity index (χ1v) is 7.23. The Labute approximate surface area is 114 Å². The van der Waals surface area contributed by atoms with Gasteiger partial charge in [0.15, 0.2) is 0 Å². The predicted octanol–water partition coefficient (Wildman–Crippen LogP) is 4.36. The van der Waals surface area contributed by atoms with Crippen LogP contribution in [0.2, 0.25) is 5.02 Å². The van der Waals surface area contributed by atoms with Crippen molar-refractivity contribution in [3.63, 3.8) is 0 Å². The number of nitrogens with one attached hydrogen (secondary N) is 1. The summed E-state index contributed by atoms with van der Waals surface area (Å²) in [5.41, 5.74) is 1.11. The van der Waals surface area contributed by atoms with E-state index in [4.69, 9.17) is 11.6 Å². The Morgan fingerprint density at radius 3 is 2.78 bits per heavy atom. The fraction of sp³-hybridized carbons (Fsp3) is 0.600. The van der Waals surface area contributed by atoms with Crippen molar-refractivity contribution in [3.8, 4) is 0 Å². The van der Waals surface area contributed by atoms with Crippen molar-refractivity contribution in [2.75, 3.05) is 6.54 Å². The minimum atomic E-state index is -0.253. The zero-order chi connectivity index (χ0) is 13.1. The summed E-state index contributed by atoms with van der Waals surface area (Å²) < 4.78 is 13.1. The van der Waals surface area contributed by atoms with Crippen molar-refractivity contribution >= 4 is 11.6 Å². The van der Waals surface area contributed by atoms with Gasteiger partial charge in [0.25, 0.3) is 0 Å². The second-order valence-electron chi connectivity index (χ2n) is 5.14. The molecule has 18 heavy (non-hydrogen) atoms. The third kappa shape index (κ3) is 2.70. The number of hydrogen-bond acceptors (Lipinski definition) is 1. The lowest BCUT2D eigenvalue weighted by Gasteiger charge is -2.45. The average Bonchev–Trinajstić information content (AvgIpc) is 2.31. The highest BCUT2D eigenvalue weighted by atomic mass is 35.5. The zero-order valence-electron chi connectivity index (χ0n) is 11.0. The summed E-state index contributed by atoms with van der Waals surface area (Å²) in [7, 11) is 0. The van der Waals surface area contributed by atoms with Crippen LogP contribution in [-0.2, 0) is 0 Å². The standard InChI is InChI=1S/C15H21ClFN/c1-3-7-18-15-9-13(11(15)4-2)12-6-5-10(17)8-14(12)16/h5-6,8,11,13,15,18H,3-4,7,9H2,1-2H3. The second-order valence-corrected chi connectivity index (χ2v) is 5.55. The largest absolute Gasteiger partial charge is 0.314 e. The monoisotopic (exact) mass is 269 g/mol. The molecule has 3 unspecified atom stereocenters. The van der Waals surface area contributed by atoms with Gasteiger partial charge in [-0.25, -0.2) is 4.39 Å². The van der Waals surface area contributed by atoms with Crippen molar-refractivity contribution in [1.29, 1.82) is 0 Å². The van der Waals surface area contributed by atoms with Crippen molar-refractivity contribution < 1.29 is 4.39 Å². The molecule has 1 aromatic carbocycles. The fourth-order valence-electron chi connectivity index (χ4n) is 3.00. The molecule has 0 saturated heterocycles. The Bertz CT molecular complexity index is 407. The van der Waals surface area contributed by atoms with Gasteiger partial charge in [0.2, 0.25) is 0 Å². The number of halogens is 2. The molecule has 2 rings (SSSR count). The first-order valence-electron chi connectivity index (χ1n) is 6.85. The van der Waals surface area contributed by atoms with Gasteiger partial charge in [-0.05, 0) is 48.9 Å². The van der Waals surface area contributed by atoms with Crippen molar-refractivity contribution in [2.45, 2.75) is 45.1 Å². The van der Waals surface area contributed by atoms with Crippen LogP contribution in [-0.4, -0.2) is 12.6 Å². The van der Waals surface area contributed by atoms with Gasteiger partial charge in [-0.3, -0.25) is 0 Å². The molecule has 1 N–H and O–H groups in total. The van der Waals surface area contributed by atoms with Crippen molar-refractivity contribution in [3.05, 3.63) is 34.6 Å². The number of benzene rings is 1. The highest BCUT2D eigenvalue weighted by molar-refractivity contribution is 6.31. The van der Waals surface area contributed by atoms with E-state index >= 15 is 0 Å². The van der Waals surface area contributed by atoms with E-state index in [1.54, 1.807) is 0 Å². The summed E-state index contributed by atoms with van der Waals surface area (Å²) in [5.74, 6) is 0.855. The van der Waals surface area contributed by atoms with Gasteiger partial charge in [0.1, 0.15) is 5.82 Å². The van der Waals surface area contributed by atoms with E-state index in [1.807, 2.05) is 6.07 Å². The van der Waals surface area contributed by atoms with Crippen LogP contribution in [0.15, 0.2) is 18.2 Å². The molecule has 1 aromatic rings. The van der Waals surface area contributed by atoms with Gasteiger partial charge in [-0.1, -0.05) is 37.9 Å². The summed E-state index contributed by atoms with van der Waals surface area (Å²) in [6.45, 7) is 5.47. The SMILES string of the molecule is CCCNC1CC(c2ccc(F)cc2Cl)C1CC. The van der Waals surface area contributed by atoms with Crippen LogP contribution >= 0.6 is 11.6 Å². The maximum absolute atomic E-state index is 13.1. The molecule has 0 aliphatic heterocycles. The van der Waals surface area contributed by atoms with Gasteiger partial charge in [0.05, 0.1) is 0 Å². The molecule has 100 valence electrons. The quantitative estimate of drug-likeness (QED) is 0.837. The van der Waals surface area contributed by atoms with E-state index in [2.05, 4.69) is 19.2 Å². The zero-order valence-corrected chi connectivity index (χ0v) is 11.8. The normalized spacial score (nSPS) is 27.0. The van der Waals surface area contributed by atoms with Crippen molar-refractivity contribution in [1.82, 2.24) is 5.32 Å². The van der Waals surface area contributed by atoms with Gasteiger partial charge < -0.3 is 5.32 Å². The Hall–Kier alpha value is -0.600. The van der Waals surface area contributed by atoms with Crippen LogP contribution in [0, 0.1) is 11.7 Å². The molecule has 0 aromatic heterocycles. The summed E-state index contributed by atoms with van der Waals surface area (Å²) in [6, 6.07) is 5.39. The van der Waals surface area contributed by atoms with Crippen LogP contribution in [0.25, 0.3) is 0 Å². The minimum Gasteiger partial charge on any atom is -0.314 e. The van der Waals surface area contributed by atoms with E-state index in [1.165, 1.54) is 12.1 Å². The van der Waals surface area contributed by atoms with E-state index < -0.39 is 0 Å². The number of rotatable bonds is 5. The first kappa shape index (κ1) is 13.8. The summed E-state index contributed by atoms with van der Waals surface area (Å²) >= 11 is 6.15. The highest BCUT2D eigenvalue weighted by Crippen LogP contribution is 2.46. The van der Waals surface area contributed by atoms with E-state index in [0.717, 1.165) is 31.4 Å². The molecule has 0 radical (unpaired) electrons. The highest BCUT2D eigenvalue weighted by Gasteiger charge is 2.40. The predicted molar refractivity (Wildman–Crippen MR) is 74.6 cm³/mol. The lowest BCUT2D eigenvalue weighted by atomic mass is 9.65. The lowest BCUT2D eigenvalue weighted by Crippen LogP contribution is -2.49. The molecule has 0 spiro atoms. The van der Waals surface area contributed by atoms with Gasteiger partial charge in [-0.15, -0.1) is 0 Å². The van der Waals surface area contributed by atoms with Gasteiger partial charge in [0, 0.05) is 11.1 Å². The Kier molecular flexibility index (Phi) is 4.63. The fourth-order valence-corrected chi connectivity index (χ4v) is 3.31. The summed E-state index contributed by atoms with van der Waals surface area (Å²) in [4.78, 5) is 0. The Balaban J connectivity index is 2.06. The molecule has 0 bridgehead atoms. The Morgan fingerprint density at radius 1 is 1.39 bits per heavy atom. The molecule has 0 amide bonds. The van der Waals surface area contributed by atoms with Crippen LogP contribution in [0.3, 0.4) is 0 Å². The molecule has 1 aliphatic rings. The molecule has 0 heterocycles. The third-order valence-electron chi connectivity index (χ3n) is 4.03. The van der Waals surface area contributed by atoms with Gasteiger partial charge >= 0.3 is 0 Å². The molecule has 3 heteroatoms. The maximum Gasteiger partial charge on any atom is 0.124 e. The topological polar surface area (TPSA) is 12.0 Å². The first-order chi connectivity index (χ1) is 8.67. The smallest absolute Gasteiger partial charge is 0.124 e. The van der Waals surface area contributed by atoms with Crippen LogP contribution in [0.5, 0.6) is 0 Å². The van der Waals surface area contributed by atoms with Gasteiger partial charge in [-0.2, -0.15) is 0 Å². The molecule has 1 nitrogen and oxygen atoms in total. The van der Waals surface area contributed by atoms with E-state index in [9.17, 15) is 4.39 Å². The maximum atomic E-state index is 13.1. The number of hydrogen-bond donors (Lipinski definition) is 1. The van der Waals surface area contributed by atoms with Crippen LogP contribution < -0.4 is 5.32 Å². The molecular formula is C15H21ClFN. The van der Waals surface area contributed by atoms with E-state index in [-0.39, 0.29) is 5.82 Å². The lowest BCUT2D eigenvalue weighted by molar-refractivity contribution is 0.161. The molecule has 1 fully saturated rings. The molecule has 3 atom stereocenters. The van der Waals surface area contributed by atoms with E-state index in [0.29, 0.717) is 22.9 Å².